The van der Waals surface area contributed by atoms with Crippen LogP contribution < -0.4 is 33.6 Å². The van der Waals surface area contributed by atoms with E-state index < -0.39 is 42.0 Å². The van der Waals surface area contributed by atoms with Gasteiger partial charge in [0.15, 0.2) is 5.96 Å². The van der Waals surface area contributed by atoms with Gasteiger partial charge in [-0.2, -0.15) is 0 Å². The summed E-state index contributed by atoms with van der Waals surface area (Å²) in [6.07, 6.45) is 3.39. The number of amides is 3. The number of carbonyl (C=O) groups excluding carboxylic acids is 3. The van der Waals surface area contributed by atoms with E-state index in [1.54, 1.807) is 13.8 Å². The lowest BCUT2D eigenvalue weighted by atomic mass is 10.0. The minimum atomic E-state index is -1.15. The highest BCUT2D eigenvalue weighted by atomic mass is 16.4. The molecule has 1 fully saturated rings. The first-order chi connectivity index (χ1) is 16.5. The summed E-state index contributed by atoms with van der Waals surface area (Å²) in [4.78, 5) is 55.7. The normalized spacial score (nSPS) is 18.0. The molecule has 0 bridgehead atoms. The van der Waals surface area contributed by atoms with E-state index in [0.29, 0.717) is 58.2 Å². The van der Waals surface area contributed by atoms with E-state index in [9.17, 15) is 24.3 Å². The van der Waals surface area contributed by atoms with E-state index in [4.69, 9.17) is 22.9 Å². The van der Waals surface area contributed by atoms with Crippen LogP contribution in [0.25, 0.3) is 0 Å². The highest BCUT2D eigenvalue weighted by Crippen LogP contribution is 2.20. The molecule has 13 nitrogen and oxygen atoms in total. The molecule has 0 aromatic heterocycles. The molecule has 0 aliphatic carbocycles. The fraction of sp³-hybridized carbons (Fsp3) is 0.773. The van der Waals surface area contributed by atoms with Crippen LogP contribution in [0.2, 0.25) is 0 Å². The van der Waals surface area contributed by atoms with Crippen molar-refractivity contribution in [2.45, 2.75) is 83.0 Å². The van der Waals surface area contributed by atoms with Crippen LogP contribution in [0.4, 0.5) is 0 Å². The Balaban J connectivity index is 2.78. The number of rotatable bonds is 15. The molecule has 0 spiro atoms. The molecular formula is C22H42N8O5. The van der Waals surface area contributed by atoms with Crippen LogP contribution in [0.15, 0.2) is 4.99 Å². The molecule has 0 radical (unpaired) electrons. The summed E-state index contributed by atoms with van der Waals surface area (Å²) in [6.45, 7) is 4.67. The van der Waals surface area contributed by atoms with E-state index in [-0.39, 0.29) is 24.2 Å². The lowest BCUT2D eigenvalue weighted by Crippen LogP contribution is -2.58. The SMILES string of the molecule is CC(C)C(NC(=O)C1CCCN1C(=O)C(N)CCCN=C(N)N)C(=O)NC(CCCCN)C(=O)O. The minimum Gasteiger partial charge on any atom is -0.480 e. The Hall–Kier alpha value is -2.93. The van der Waals surface area contributed by atoms with E-state index in [2.05, 4.69) is 15.6 Å². The van der Waals surface area contributed by atoms with Gasteiger partial charge in [-0.1, -0.05) is 13.8 Å². The Bertz CT molecular complexity index is 756. The summed E-state index contributed by atoms with van der Waals surface area (Å²) in [5, 5.41) is 14.7. The zero-order valence-corrected chi connectivity index (χ0v) is 20.7. The number of carboxylic acid groups (broad SMARTS) is 1. The molecule has 1 aliphatic heterocycles. The van der Waals surface area contributed by atoms with Crippen LogP contribution in [-0.2, 0) is 19.2 Å². The summed E-state index contributed by atoms with van der Waals surface area (Å²) in [7, 11) is 0. The Morgan fingerprint density at radius 1 is 1.09 bits per heavy atom. The Labute approximate surface area is 206 Å². The smallest absolute Gasteiger partial charge is 0.326 e. The first-order valence-corrected chi connectivity index (χ1v) is 12.1. The molecule has 1 aliphatic rings. The number of likely N-dealkylation sites (tertiary alicyclic amines) is 1. The fourth-order valence-electron chi connectivity index (χ4n) is 3.95. The fourth-order valence-corrected chi connectivity index (χ4v) is 3.95. The predicted octanol–water partition coefficient (Wildman–Crippen LogP) is -1.80. The van der Waals surface area contributed by atoms with E-state index in [1.807, 2.05) is 0 Å². The van der Waals surface area contributed by atoms with E-state index in [0.717, 1.165) is 0 Å². The van der Waals surface area contributed by atoms with Crippen molar-refractivity contribution in [3.63, 3.8) is 0 Å². The molecule has 0 aromatic rings. The number of hydrogen-bond acceptors (Lipinski definition) is 7. The third-order valence-corrected chi connectivity index (χ3v) is 5.93. The van der Waals surface area contributed by atoms with Gasteiger partial charge in [-0.05, 0) is 57.4 Å². The number of guanidine groups is 1. The third kappa shape index (κ3) is 10.1. The van der Waals surface area contributed by atoms with Gasteiger partial charge in [0.05, 0.1) is 6.04 Å². The van der Waals surface area contributed by atoms with E-state index in [1.165, 1.54) is 4.90 Å². The molecule has 3 amide bonds. The van der Waals surface area contributed by atoms with Crippen molar-refractivity contribution in [1.29, 1.82) is 0 Å². The highest BCUT2D eigenvalue weighted by Gasteiger charge is 2.38. The lowest BCUT2D eigenvalue weighted by molar-refractivity contribution is -0.143. The molecule has 11 N–H and O–H groups in total. The number of carbonyl (C=O) groups is 4. The third-order valence-electron chi connectivity index (χ3n) is 5.93. The molecule has 1 saturated heterocycles. The number of unbranched alkanes of at least 4 members (excludes halogenated alkanes) is 1. The second-order valence-electron chi connectivity index (χ2n) is 9.16. The van der Waals surface area contributed by atoms with Gasteiger partial charge in [-0.15, -0.1) is 0 Å². The number of aliphatic carboxylic acids is 1. The molecule has 4 atom stereocenters. The van der Waals surface area contributed by atoms with Crippen molar-refractivity contribution in [1.82, 2.24) is 15.5 Å². The van der Waals surface area contributed by atoms with Gasteiger partial charge in [0.25, 0.3) is 0 Å². The second-order valence-corrected chi connectivity index (χ2v) is 9.16. The molecule has 4 unspecified atom stereocenters. The maximum Gasteiger partial charge on any atom is 0.326 e. The molecule has 35 heavy (non-hydrogen) atoms. The topological polar surface area (TPSA) is 232 Å². The summed E-state index contributed by atoms with van der Waals surface area (Å²) >= 11 is 0. The summed E-state index contributed by atoms with van der Waals surface area (Å²) in [5.41, 5.74) is 22.1. The number of hydrogen-bond donors (Lipinski definition) is 7. The zero-order chi connectivity index (χ0) is 26.5. The number of aliphatic imine (C=N–C) groups is 1. The molecule has 200 valence electrons. The van der Waals surface area contributed by atoms with Gasteiger partial charge in [0.1, 0.15) is 18.1 Å². The quantitative estimate of drug-likeness (QED) is 0.0765. The molecule has 0 saturated carbocycles. The highest BCUT2D eigenvalue weighted by molar-refractivity contribution is 5.94. The first kappa shape index (κ1) is 30.1. The molecular weight excluding hydrogens is 456 g/mol. The van der Waals surface area contributed by atoms with Gasteiger partial charge in [0.2, 0.25) is 17.7 Å². The number of nitrogens with two attached hydrogens (primary N) is 4. The number of carboxylic acids is 1. The molecule has 13 heteroatoms. The molecule has 0 aromatic carbocycles. The van der Waals surface area contributed by atoms with Crippen molar-refractivity contribution >= 4 is 29.7 Å². The summed E-state index contributed by atoms with van der Waals surface area (Å²) in [5.74, 6) is -2.88. The Kier molecular flexibility index (Phi) is 13.0. The largest absolute Gasteiger partial charge is 0.480 e. The van der Waals surface area contributed by atoms with Crippen molar-refractivity contribution in [3.8, 4) is 0 Å². The van der Waals surface area contributed by atoms with Crippen molar-refractivity contribution in [2.75, 3.05) is 19.6 Å². The number of nitrogens with one attached hydrogen (secondary N) is 2. The maximum atomic E-state index is 13.1. The predicted molar refractivity (Wildman–Crippen MR) is 132 cm³/mol. The Morgan fingerprint density at radius 3 is 2.34 bits per heavy atom. The summed E-state index contributed by atoms with van der Waals surface area (Å²) < 4.78 is 0. The van der Waals surface area contributed by atoms with Gasteiger partial charge in [0, 0.05) is 13.1 Å². The average Bonchev–Trinajstić information content (AvgIpc) is 3.28. The van der Waals surface area contributed by atoms with Crippen molar-refractivity contribution in [2.24, 2.45) is 33.8 Å². The monoisotopic (exact) mass is 498 g/mol. The van der Waals surface area contributed by atoms with Crippen LogP contribution in [0.3, 0.4) is 0 Å². The first-order valence-electron chi connectivity index (χ1n) is 12.1. The summed E-state index contributed by atoms with van der Waals surface area (Å²) in [6, 6.07) is -3.58. The van der Waals surface area contributed by atoms with Crippen LogP contribution >= 0.6 is 0 Å². The Morgan fingerprint density at radius 2 is 1.77 bits per heavy atom. The number of nitrogens with zero attached hydrogens (tertiary/aromatic N) is 2. The van der Waals surface area contributed by atoms with Gasteiger partial charge >= 0.3 is 5.97 Å². The second kappa shape index (κ2) is 15.1. The molecule has 1 heterocycles. The van der Waals surface area contributed by atoms with Crippen LogP contribution in [0.5, 0.6) is 0 Å². The van der Waals surface area contributed by atoms with E-state index >= 15 is 0 Å². The standard InChI is InChI=1S/C22H42N8O5/c1-13(2)17(19(32)28-15(21(34)35)8-3-4-10-23)29-18(31)16-9-6-12-30(16)20(33)14(24)7-5-11-27-22(25)26/h13-17H,3-12,23-24H2,1-2H3,(H,28,32)(H,29,31)(H,34,35)(H4,25,26,27). The van der Waals surface area contributed by atoms with Gasteiger partial charge in [-0.25, -0.2) is 4.79 Å². The maximum absolute atomic E-state index is 13.1. The van der Waals surface area contributed by atoms with Crippen molar-refractivity contribution in [3.05, 3.63) is 0 Å². The van der Waals surface area contributed by atoms with Gasteiger partial charge in [-0.3, -0.25) is 19.4 Å². The minimum absolute atomic E-state index is 0.0323. The lowest BCUT2D eigenvalue weighted by Gasteiger charge is -2.29. The average molecular weight is 499 g/mol. The van der Waals surface area contributed by atoms with Crippen LogP contribution in [0, 0.1) is 5.92 Å². The zero-order valence-electron chi connectivity index (χ0n) is 20.7. The van der Waals surface area contributed by atoms with Crippen LogP contribution in [0.1, 0.15) is 58.8 Å². The molecule has 1 rings (SSSR count). The van der Waals surface area contributed by atoms with Crippen molar-refractivity contribution < 1.29 is 24.3 Å². The van der Waals surface area contributed by atoms with Gasteiger partial charge < -0.3 is 43.6 Å². The van der Waals surface area contributed by atoms with Crippen LogP contribution in [-0.4, -0.2) is 83.5 Å².